The molecule has 1 saturated carbocycles. The number of nitrogens with one attached hydrogen (secondary N) is 4. The molecule has 10 rings (SSSR count). The van der Waals surface area contributed by atoms with Crippen LogP contribution >= 0.6 is 0 Å². The number of fused-ring (bicyclic) bond motifs is 15. The van der Waals surface area contributed by atoms with Crippen LogP contribution in [0, 0.1) is 5.92 Å². The van der Waals surface area contributed by atoms with Gasteiger partial charge in [0, 0.05) is 75.9 Å². The number of benzene rings is 2. The fraction of sp³-hybridized carbons (Fsp3) is 0.537. The summed E-state index contributed by atoms with van der Waals surface area (Å²) in [6.07, 6.45) is 15.6. The molecule has 1 fully saturated rings. The van der Waals surface area contributed by atoms with E-state index in [0.29, 0.717) is 80.3 Å². The van der Waals surface area contributed by atoms with Crippen molar-refractivity contribution in [3.63, 3.8) is 0 Å². The fourth-order valence-electron chi connectivity index (χ4n) is 13.3. The Hall–Kier alpha value is -9.74. The number of allylic oxidation sites excluding steroid dienone is 2. The van der Waals surface area contributed by atoms with Gasteiger partial charge in [0.15, 0.2) is 0 Å². The number of amides is 4. The summed E-state index contributed by atoms with van der Waals surface area (Å²) < 4.78 is 45.4. The molecule has 7 heterocycles. The van der Waals surface area contributed by atoms with Crippen LogP contribution in [0.1, 0.15) is 181 Å². The van der Waals surface area contributed by atoms with Crippen LogP contribution in [0.3, 0.4) is 0 Å². The minimum Gasteiger partial charge on any atom is -0.851 e. The summed E-state index contributed by atoms with van der Waals surface area (Å²) in [5.41, 5.74) is 7.83. The fourth-order valence-corrected chi connectivity index (χ4v) is 13.8. The van der Waals surface area contributed by atoms with Gasteiger partial charge in [0.1, 0.15) is 66.1 Å². The maximum absolute atomic E-state index is 13.6. The van der Waals surface area contributed by atoms with Gasteiger partial charge in [-0.05, 0) is 112 Å². The van der Waals surface area contributed by atoms with Gasteiger partial charge >= 0.3 is 5.97 Å². The zero-order valence-corrected chi connectivity index (χ0v) is 68.7. The molecule has 616 valence electrons. The number of anilines is 1. The Morgan fingerprint density at radius 1 is 0.628 bits per heavy atom. The molecule has 7 aromatic rings. The molecule has 2 unspecified atom stereocenters. The third-order valence-corrected chi connectivity index (χ3v) is 20.7. The number of ether oxygens (including phenoxy) is 1. The molecule has 0 saturated heterocycles. The lowest BCUT2D eigenvalue weighted by molar-refractivity contribution is -0.904. The number of aliphatic carboxylic acids is 1. The van der Waals surface area contributed by atoms with Gasteiger partial charge in [-0.3, -0.25) is 23.9 Å². The molecule has 0 radical (unpaired) electrons. The predicted molar refractivity (Wildman–Crippen MR) is 425 cm³/mol. The van der Waals surface area contributed by atoms with Crippen molar-refractivity contribution in [1.29, 1.82) is 0 Å². The zero-order valence-electron chi connectivity index (χ0n) is 67.9. The van der Waals surface area contributed by atoms with Gasteiger partial charge in [-0.15, -0.1) is 27.5 Å². The highest BCUT2D eigenvalue weighted by Crippen LogP contribution is 2.39. The van der Waals surface area contributed by atoms with E-state index in [1.54, 1.807) is 29.9 Å². The van der Waals surface area contributed by atoms with Crippen LogP contribution < -0.4 is 36.4 Å². The van der Waals surface area contributed by atoms with Crippen molar-refractivity contribution in [2.24, 2.45) is 5.92 Å². The summed E-state index contributed by atoms with van der Waals surface area (Å²) >= 11 is 0. The lowest BCUT2D eigenvalue weighted by Gasteiger charge is -2.60. The number of likely N-dealkylation sites (N-methyl/N-ethyl adjacent to an activating group) is 2. The molecule has 33 heteroatoms. The maximum Gasteiger partial charge on any atom is 0.329 e. The van der Waals surface area contributed by atoms with Crippen molar-refractivity contribution >= 4 is 45.4 Å². The molecule has 2 aliphatic heterocycles. The van der Waals surface area contributed by atoms with E-state index >= 15 is 0 Å². The van der Waals surface area contributed by atoms with Gasteiger partial charge in [0.2, 0.25) is 0 Å². The summed E-state index contributed by atoms with van der Waals surface area (Å²) in [6.45, 7) is 25.8. The minimum absolute atomic E-state index is 0.000825. The number of quaternary nitrogens is 3. The Kier molecular flexibility index (Phi) is 34.8. The Morgan fingerprint density at radius 2 is 1.07 bits per heavy atom. The van der Waals surface area contributed by atoms with Crippen molar-refractivity contribution in [3.8, 4) is 11.4 Å². The topological polar surface area (TPSA) is 391 Å². The van der Waals surface area contributed by atoms with Gasteiger partial charge in [-0.25, -0.2) is 32.5 Å². The average Bonchev–Trinajstić information content (AvgIpc) is 1.15. The van der Waals surface area contributed by atoms with E-state index in [1.807, 2.05) is 93.4 Å². The van der Waals surface area contributed by atoms with Gasteiger partial charge < -0.3 is 69.1 Å². The monoisotopic (exact) mass is 1580 g/mol. The molecule has 3 aliphatic rings. The van der Waals surface area contributed by atoms with E-state index in [2.05, 4.69) is 140 Å². The maximum atomic E-state index is 13.6. The van der Waals surface area contributed by atoms with Crippen molar-refractivity contribution in [1.82, 2.24) is 81.1 Å². The second-order valence-electron chi connectivity index (χ2n) is 30.8. The average molecular weight is 1580 g/mol. The summed E-state index contributed by atoms with van der Waals surface area (Å²) in [6, 6.07) is 21.0. The number of rotatable bonds is 32. The number of carbonyl (C=O) groups excluding carboxylic acids is 4. The van der Waals surface area contributed by atoms with E-state index in [-0.39, 0.29) is 54.8 Å². The van der Waals surface area contributed by atoms with Crippen molar-refractivity contribution in [2.45, 2.75) is 157 Å². The molecule has 2 atom stereocenters. The van der Waals surface area contributed by atoms with Gasteiger partial charge in [0.25, 0.3) is 23.6 Å². The van der Waals surface area contributed by atoms with E-state index in [9.17, 15) is 47.2 Å². The highest BCUT2D eigenvalue weighted by atomic mass is 32.2. The highest BCUT2D eigenvalue weighted by molar-refractivity contribution is 7.85. The number of carbonyl (C=O) groups is 5. The Labute approximate surface area is 665 Å². The standard InChI is InChI=1S/C45H60N14O7S.C18H34N5.C17H23NO5/c1-6-7-19-58(2,3)30-34-28-56(54-52-34)36-22-38-42(60)46-17-10-8-9-11-18-47-43(61)39-23-37(57-29-35(53-55-57)31-59(4,5)20-12-21-67(64,65)66)25-41(51-39)45(63)49-27-33-15-13-32(14-16-33)26-48-44(62)40(24-36)50-38;1-7-11-14-23(5,6)16-17-15-22(20-19-17)13-12-21(10-4)18(8-2)9-3;1-3-18(8-9-23-10-14(19)20)13-6-4-12(5-7-13)15-16(21)11(2)17(15)22/h13-16,22-25,28-29H,6-12,17-21,26-27,30-31H2,1-5H3,(H3-2,46,47,48,49,60,61,62,63,64,65,66);8-9,15H,2,7,10-14,16H2,1,3-6H3;4-7,11,15-17H,3,8-10H2,1-2H3,(H,19,20)/q;+1;-2/p+1/b;18-9+;. The molecule has 0 spiro atoms. The number of aromatic nitrogens is 11. The van der Waals surface area contributed by atoms with E-state index in [1.165, 1.54) is 41.9 Å². The van der Waals surface area contributed by atoms with E-state index in [4.69, 9.17) is 9.84 Å². The van der Waals surface area contributed by atoms with E-state index in [0.717, 1.165) is 108 Å². The van der Waals surface area contributed by atoms with Crippen LogP contribution in [0.25, 0.3) is 11.4 Å². The predicted octanol–water partition coefficient (Wildman–Crippen LogP) is 5.29. The molecule has 6 bridgehead atoms. The number of carboxylic acids is 1. The highest BCUT2D eigenvalue weighted by Gasteiger charge is 2.34. The molecule has 4 amide bonds. The van der Waals surface area contributed by atoms with Gasteiger partial charge in [-0.1, -0.05) is 117 Å². The number of pyridine rings is 2. The minimum atomic E-state index is -4.33. The first-order valence-electron chi connectivity index (χ1n) is 39.1. The Bertz CT molecular complexity index is 4360. The first-order valence-corrected chi connectivity index (χ1v) is 40.7. The largest absolute Gasteiger partial charge is 0.851 e. The third kappa shape index (κ3) is 29.3. The molecule has 5 aromatic heterocycles. The van der Waals surface area contributed by atoms with Crippen LogP contribution in [-0.2, 0) is 58.9 Å². The van der Waals surface area contributed by atoms with Gasteiger partial charge in [0.05, 0.1) is 115 Å². The molecule has 2 aromatic carbocycles. The van der Waals surface area contributed by atoms with Crippen molar-refractivity contribution in [3.05, 3.63) is 172 Å². The number of unbranched alkanes of at least 4 members (excludes halogenated alkanes) is 2. The first kappa shape index (κ1) is 90.5. The second kappa shape index (κ2) is 43.5. The molecule has 1 aliphatic carbocycles. The van der Waals surface area contributed by atoms with Gasteiger partial charge in [-0.2, -0.15) is 0 Å². The van der Waals surface area contributed by atoms with Crippen LogP contribution in [-0.4, -0.2) is 253 Å². The molecule has 5 N–H and O–H groups in total. The zero-order chi connectivity index (χ0) is 82.5. The second-order valence-corrected chi connectivity index (χ2v) is 32.3. The summed E-state index contributed by atoms with van der Waals surface area (Å²) in [5, 5.41) is 69.8. The third-order valence-electron chi connectivity index (χ3n) is 19.9. The normalized spacial score (nSPS) is 16.9. The lowest BCUT2D eigenvalue weighted by Crippen LogP contribution is -2.64. The van der Waals surface area contributed by atoms with Crippen LogP contribution in [0.2, 0.25) is 0 Å². The Balaban J connectivity index is 0.000000311. The Morgan fingerprint density at radius 3 is 1.49 bits per heavy atom. The first-order chi connectivity index (χ1) is 53.8. The van der Waals surface area contributed by atoms with Crippen molar-refractivity contribution in [2.75, 3.05) is 125 Å². The van der Waals surface area contributed by atoms with Crippen LogP contribution in [0.5, 0.6) is 0 Å². The molecule has 32 nitrogen and oxygen atoms in total. The lowest BCUT2D eigenvalue weighted by atomic mass is 9.67. The summed E-state index contributed by atoms with van der Waals surface area (Å²) in [4.78, 5) is 77.9. The molecule has 113 heavy (non-hydrogen) atoms. The SMILES string of the molecule is C=C/C(=C\C)N(CC)CCn1cc(C[N+](C)(C)CCCC)nn1.CCCC[N+](C)(C)Cc1cn(-c2cc3nc(c2)C(=O)NCc2ccc(cc2)CNC(=O)c2cc(-n4cc(C[N+](C)(C)CCCS(=O)(=O)[O-])nn4)cc(n2)C(=O)NCCCCCCNC3=O)nn1.CCN(CCOCC(=O)O)c1ccc(C2C([O-])C(C)C2[O-])cc1. The molecular weight excluding hydrogens is 1470 g/mol. The van der Waals surface area contributed by atoms with Crippen LogP contribution in [0.4, 0.5) is 5.69 Å². The smallest absolute Gasteiger partial charge is 0.329 e. The number of hydrogen-bond donors (Lipinski definition) is 5. The molecular formula is C80H118N20O12S. The summed E-state index contributed by atoms with van der Waals surface area (Å²) in [7, 11) is 8.25. The summed E-state index contributed by atoms with van der Waals surface area (Å²) in [5.74, 6) is -4.11. The quantitative estimate of drug-likeness (QED) is 0.0155. The van der Waals surface area contributed by atoms with Crippen LogP contribution in [0.15, 0.2) is 116 Å². The van der Waals surface area contributed by atoms with E-state index < -0.39 is 63.6 Å². The number of carboxylic acid groups (broad SMARTS) is 1. The van der Waals surface area contributed by atoms with Crippen molar-refractivity contribution < 1.29 is 70.4 Å². The number of nitrogens with zero attached hydrogens (tertiary/aromatic N) is 16. The number of hydrogen-bond acceptors (Lipinski definition) is 21.